The number of hydrogen-bond donors (Lipinski definition) is 4. The van der Waals surface area contributed by atoms with E-state index in [2.05, 4.69) is 15.5 Å². The Hall–Kier alpha value is -1.34. The number of primary amides is 1. The van der Waals surface area contributed by atoms with Crippen molar-refractivity contribution in [3.05, 3.63) is 0 Å². The van der Waals surface area contributed by atoms with Crippen LogP contribution in [0.2, 0.25) is 0 Å². The Kier molecular flexibility index (Phi) is 3.45. The quantitative estimate of drug-likeness (QED) is 0.195. The van der Waals surface area contributed by atoms with Gasteiger partial charge in [0.15, 0.2) is 0 Å². The summed E-state index contributed by atoms with van der Waals surface area (Å²) in [5.41, 5.74) is 9.34. The number of nitrogens with two attached hydrogens (primary N) is 2. The monoisotopic (exact) mass is 200 g/mol. The average molecular weight is 200 g/mol. The fraction of sp³-hybridized carbons (Fsp3) is 0. The molecule has 6 N–H and O–H groups in total. The average Bonchev–Trinajstić information content (AvgIpc) is 1.80. The number of amides is 2. The normalized spacial score (nSPS) is 16.3. The molecule has 0 aliphatic carbocycles. The summed E-state index contributed by atoms with van der Waals surface area (Å²) in [5, 5.41) is 4.19. The topological polar surface area (TPSA) is 140 Å². The number of guanidine groups is 1. The van der Waals surface area contributed by atoms with E-state index in [1.807, 2.05) is 0 Å². The first-order chi connectivity index (χ1) is 5.31. The van der Waals surface area contributed by atoms with Crippen LogP contribution in [0.5, 0.6) is 0 Å². The molecule has 8 nitrogen and oxygen atoms in total. The summed E-state index contributed by atoms with van der Waals surface area (Å²) >= 11 is 0. The summed E-state index contributed by atoms with van der Waals surface area (Å²) in [5.74, 6) is -0.727. The summed E-state index contributed by atoms with van der Waals surface area (Å²) in [6.45, 7) is 0. The highest BCUT2D eigenvalue weighted by Gasteiger charge is 2.18. The Morgan fingerprint density at radius 1 is 1.67 bits per heavy atom. The van der Waals surface area contributed by atoms with Gasteiger partial charge >= 0.3 is 13.9 Å². The van der Waals surface area contributed by atoms with Crippen molar-refractivity contribution in [2.75, 3.05) is 0 Å². The summed E-state index contributed by atoms with van der Waals surface area (Å²) < 4.78 is 24.8. The van der Waals surface area contributed by atoms with Crippen molar-refractivity contribution >= 4 is 19.9 Å². The summed E-state index contributed by atoms with van der Waals surface area (Å²) in [4.78, 5) is 17.9. The number of carbonyl (C=O) groups excluding carboxylic acids is 1. The van der Waals surface area contributed by atoms with Gasteiger partial charge in [-0.1, -0.05) is 0 Å². The van der Waals surface area contributed by atoms with E-state index < -0.39 is 19.9 Å². The molecule has 0 aromatic heterocycles. The lowest BCUT2D eigenvalue weighted by Gasteiger charge is -1.99. The molecule has 0 aliphatic rings. The SMILES string of the molecule is NC(=O)NC(N)=NOP(=O)(O)F. The van der Waals surface area contributed by atoms with Crippen molar-refractivity contribution < 1.29 is 23.1 Å². The molecule has 0 rings (SSSR count). The number of halogens is 1. The Bertz CT molecular complexity index is 247. The van der Waals surface area contributed by atoms with E-state index in [1.165, 1.54) is 0 Å². The number of hydrogen-bond acceptors (Lipinski definition) is 4. The lowest BCUT2D eigenvalue weighted by atomic mass is 10.9. The van der Waals surface area contributed by atoms with E-state index >= 15 is 0 Å². The molecule has 70 valence electrons. The lowest BCUT2D eigenvalue weighted by Crippen LogP contribution is -2.40. The second kappa shape index (κ2) is 3.88. The van der Waals surface area contributed by atoms with Crippen LogP contribution in [0.15, 0.2) is 5.16 Å². The summed E-state index contributed by atoms with van der Waals surface area (Å²) in [6.07, 6.45) is 0. The predicted octanol–water partition coefficient (Wildman–Crippen LogP) is -1.03. The molecular formula is C2H6FN4O4P. The zero-order valence-corrected chi connectivity index (χ0v) is 6.49. The van der Waals surface area contributed by atoms with Crippen molar-refractivity contribution in [1.82, 2.24) is 5.32 Å². The second-order valence-corrected chi connectivity index (χ2v) is 2.57. The first kappa shape index (κ1) is 10.7. The van der Waals surface area contributed by atoms with Gasteiger partial charge in [-0.05, 0) is 5.16 Å². The second-order valence-electron chi connectivity index (χ2n) is 1.50. The van der Waals surface area contributed by atoms with Crippen LogP contribution in [0.4, 0.5) is 8.99 Å². The minimum atomic E-state index is -5.22. The van der Waals surface area contributed by atoms with Gasteiger partial charge < -0.3 is 11.5 Å². The van der Waals surface area contributed by atoms with E-state index in [4.69, 9.17) is 10.6 Å². The summed E-state index contributed by atoms with van der Waals surface area (Å²) in [7, 11) is -5.22. The van der Waals surface area contributed by atoms with Gasteiger partial charge in [0.2, 0.25) is 5.96 Å². The van der Waals surface area contributed by atoms with E-state index in [0.29, 0.717) is 0 Å². The molecule has 0 bridgehead atoms. The molecule has 0 saturated carbocycles. The van der Waals surface area contributed by atoms with E-state index in [9.17, 15) is 13.6 Å². The maximum absolute atomic E-state index is 11.7. The lowest BCUT2D eigenvalue weighted by molar-refractivity contribution is 0.233. The van der Waals surface area contributed by atoms with Gasteiger partial charge in [0.25, 0.3) is 0 Å². The Labute approximate surface area is 66.0 Å². The zero-order chi connectivity index (χ0) is 9.78. The molecule has 1 atom stereocenters. The number of rotatable bonds is 2. The molecule has 0 saturated heterocycles. The molecule has 0 radical (unpaired) electrons. The van der Waals surface area contributed by atoms with E-state index in [0.717, 1.165) is 0 Å². The van der Waals surface area contributed by atoms with Crippen molar-refractivity contribution in [3.8, 4) is 0 Å². The Morgan fingerprint density at radius 2 is 2.17 bits per heavy atom. The van der Waals surface area contributed by atoms with Crippen LogP contribution in [-0.2, 0) is 9.19 Å². The summed E-state index contributed by atoms with van der Waals surface area (Å²) in [6, 6.07) is -1.06. The Morgan fingerprint density at radius 3 is 2.50 bits per heavy atom. The van der Waals surface area contributed by atoms with Crippen molar-refractivity contribution in [2.45, 2.75) is 0 Å². The number of urea groups is 1. The van der Waals surface area contributed by atoms with Crippen LogP contribution in [0.25, 0.3) is 0 Å². The third-order valence-electron chi connectivity index (χ3n) is 0.491. The molecule has 10 heteroatoms. The van der Waals surface area contributed by atoms with Gasteiger partial charge in [-0.25, -0.2) is 9.36 Å². The number of nitrogens with one attached hydrogen (secondary N) is 1. The fourth-order valence-electron chi connectivity index (χ4n) is 0.243. The standard InChI is InChI=1S/C2H6FN4O4P/c3-12(9,10)11-7-1(4)6-2(5)8/h(H,9,10)(H5,4,5,6,7,8). The van der Waals surface area contributed by atoms with Gasteiger partial charge in [-0.2, -0.15) is 0 Å². The fourth-order valence-corrected chi connectivity index (χ4v) is 0.432. The van der Waals surface area contributed by atoms with Crippen LogP contribution in [0.3, 0.4) is 0 Å². The largest absolute Gasteiger partial charge is 0.587 e. The zero-order valence-electron chi connectivity index (χ0n) is 5.60. The molecule has 0 spiro atoms. The molecule has 0 fully saturated rings. The highest BCUT2D eigenvalue weighted by molar-refractivity contribution is 7.46. The molecular weight excluding hydrogens is 194 g/mol. The molecule has 0 aliphatic heterocycles. The maximum atomic E-state index is 11.7. The molecule has 12 heavy (non-hydrogen) atoms. The molecule has 0 aromatic carbocycles. The minimum absolute atomic E-state index is 0.727. The molecule has 0 aromatic rings. The van der Waals surface area contributed by atoms with Crippen LogP contribution in [0, 0.1) is 0 Å². The maximum Gasteiger partial charge on any atom is 0.587 e. The van der Waals surface area contributed by atoms with Gasteiger partial charge in [0, 0.05) is 0 Å². The third kappa shape index (κ3) is 6.78. The Balaban J connectivity index is 4.02. The van der Waals surface area contributed by atoms with Crippen LogP contribution in [0.1, 0.15) is 0 Å². The highest BCUT2D eigenvalue weighted by atomic mass is 31.2. The molecule has 2 amide bonds. The number of carbonyl (C=O) groups is 1. The van der Waals surface area contributed by atoms with Crippen LogP contribution >= 0.6 is 7.91 Å². The smallest absolute Gasteiger partial charge is 0.367 e. The van der Waals surface area contributed by atoms with Crippen molar-refractivity contribution in [2.24, 2.45) is 16.6 Å². The number of oxime groups is 1. The van der Waals surface area contributed by atoms with Crippen molar-refractivity contribution in [1.29, 1.82) is 0 Å². The number of nitrogens with zero attached hydrogens (tertiary/aromatic N) is 1. The predicted molar refractivity (Wildman–Crippen MR) is 36.4 cm³/mol. The van der Waals surface area contributed by atoms with E-state index in [1.54, 1.807) is 5.32 Å². The first-order valence-corrected chi connectivity index (χ1v) is 3.89. The third-order valence-corrected chi connectivity index (χ3v) is 0.774. The molecule has 0 heterocycles. The minimum Gasteiger partial charge on any atom is -0.367 e. The van der Waals surface area contributed by atoms with Gasteiger partial charge in [-0.15, -0.1) is 4.20 Å². The first-order valence-electron chi connectivity index (χ1n) is 2.42. The highest BCUT2D eigenvalue weighted by Crippen LogP contribution is 2.43. The van der Waals surface area contributed by atoms with Gasteiger partial charge in [0.05, 0.1) is 0 Å². The van der Waals surface area contributed by atoms with Crippen LogP contribution in [-0.4, -0.2) is 16.9 Å². The van der Waals surface area contributed by atoms with Gasteiger partial charge in [-0.3, -0.25) is 14.8 Å². The van der Waals surface area contributed by atoms with E-state index in [-0.39, 0.29) is 0 Å². The van der Waals surface area contributed by atoms with Crippen molar-refractivity contribution in [3.63, 3.8) is 0 Å². The van der Waals surface area contributed by atoms with Gasteiger partial charge in [0.1, 0.15) is 0 Å². The molecule has 1 unspecified atom stereocenters. The van der Waals surface area contributed by atoms with Crippen LogP contribution < -0.4 is 16.8 Å².